The summed E-state index contributed by atoms with van der Waals surface area (Å²) in [6.07, 6.45) is 3.06. The fourth-order valence-electron chi connectivity index (χ4n) is 7.14. The fraction of sp³-hybridized carbons (Fsp3) is 0.250. The summed E-state index contributed by atoms with van der Waals surface area (Å²) in [5, 5.41) is 20.2. The second-order valence-corrected chi connectivity index (χ2v) is 14.5. The smallest absolute Gasteiger partial charge is 0.243 e. The predicted molar refractivity (Wildman–Crippen MR) is 232 cm³/mol. The molecule has 0 aliphatic heterocycles. The molecule has 6 aromatic rings. The van der Waals surface area contributed by atoms with Crippen molar-refractivity contribution in [3.8, 4) is 0 Å². The van der Waals surface area contributed by atoms with E-state index in [0.717, 1.165) is 55.4 Å². The van der Waals surface area contributed by atoms with Gasteiger partial charge in [-0.15, -0.1) is 0 Å². The molecule has 0 aliphatic rings. The first-order chi connectivity index (χ1) is 27.3. The lowest BCUT2D eigenvalue weighted by molar-refractivity contribution is -0.123. The summed E-state index contributed by atoms with van der Waals surface area (Å²) in [7, 11) is 0. The minimum atomic E-state index is -0.723. The lowest BCUT2D eigenvalue weighted by Gasteiger charge is -2.29. The number of amides is 2. The third-order valence-corrected chi connectivity index (χ3v) is 10.3. The van der Waals surface area contributed by atoms with Gasteiger partial charge in [-0.3, -0.25) is 9.59 Å². The molecular formula is C48H54N6O2. The molecule has 8 heteroatoms. The minimum Gasteiger partial charge on any atom is -0.387 e. The van der Waals surface area contributed by atoms with Crippen LogP contribution in [0.1, 0.15) is 36.0 Å². The van der Waals surface area contributed by atoms with E-state index in [4.69, 9.17) is 11.5 Å². The first-order valence-corrected chi connectivity index (χ1v) is 19.6. The number of hydrogen-bond acceptors (Lipinski definition) is 6. The van der Waals surface area contributed by atoms with Gasteiger partial charge in [-0.25, -0.2) is 0 Å². The van der Waals surface area contributed by atoms with E-state index in [9.17, 15) is 9.59 Å². The number of nitrogens with two attached hydrogens (primary N) is 2. The minimum absolute atomic E-state index is 0.116. The molecule has 1 unspecified atom stereocenters. The maximum Gasteiger partial charge on any atom is 0.243 e. The molecule has 56 heavy (non-hydrogen) atoms. The molecule has 6 aromatic carbocycles. The van der Waals surface area contributed by atoms with Gasteiger partial charge >= 0.3 is 0 Å². The average Bonchev–Trinajstić information content (AvgIpc) is 3.22. The highest BCUT2D eigenvalue weighted by Crippen LogP contribution is 2.21. The Labute approximate surface area is 330 Å². The monoisotopic (exact) mass is 746 g/mol. The van der Waals surface area contributed by atoms with Crippen LogP contribution in [0, 0.1) is 0 Å². The van der Waals surface area contributed by atoms with Gasteiger partial charge in [0.15, 0.2) is 0 Å². The molecule has 0 spiro atoms. The van der Waals surface area contributed by atoms with Gasteiger partial charge in [-0.1, -0.05) is 141 Å². The van der Waals surface area contributed by atoms with Crippen LogP contribution in [0.4, 0.5) is 0 Å². The van der Waals surface area contributed by atoms with Crippen LogP contribution in [0.2, 0.25) is 0 Å². The Morgan fingerprint density at radius 1 is 0.500 bits per heavy atom. The van der Waals surface area contributed by atoms with E-state index in [2.05, 4.69) is 125 Å². The molecule has 0 radical (unpaired) electrons. The third kappa shape index (κ3) is 10.8. The van der Waals surface area contributed by atoms with Crippen LogP contribution < -0.4 is 32.7 Å². The molecule has 3 atom stereocenters. The highest BCUT2D eigenvalue weighted by Gasteiger charge is 2.27. The lowest BCUT2D eigenvalue weighted by Crippen LogP contribution is -2.53. The molecular weight excluding hydrogens is 693 g/mol. The van der Waals surface area contributed by atoms with Crippen molar-refractivity contribution in [3.63, 3.8) is 0 Å². The molecule has 0 saturated carbocycles. The zero-order valence-corrected chi connectivity index (χ0v) is 32.1. The van der Waals surface area contributed by atoms with Gasteiger partial charge in [0.1, 0.15) is 6.04 Å². The summed E-state index contributed by atoms with van der Waals surface area (Å²) >= 11 is 0. The van der Waals surface area contributed by atoms with Crippen LogP contribution in [0.3, 0.4) is 0 Å². The van der Waals surface area contributed by atoms with Crippen molar-refractivity contribution < 1.29 is 9.59 Å². The average molecular weight is 747 g/mol. The molecule has 2 amide bonds. The zero-order valence-electron chi connectivity index (χ0n) is 32.1. The molecule has 8 N–H and O–H groups in total. The Morgan fingerprint density at radius 2 is 0.929 bits per heavy atom. The van der Waals surface area contributed by atoms with Gasteiger partial charge in [0.05, 0.1) is 12.1 Å². The van der Waals surface area contributed by atoms with Crippen LogP contribution >= 0.6 is 0 Å². The molecule has 288 valence electrons. The van der Waals surface area contributed by atoms with Gasteiger partial charge in [0, 0.05) is 30.8 Å². The largest absolute Gasteiger partial charge is 0.387 e. The van der Waals surface area contributed by atoms with Gasteiger partial charge in [0.2, 0.25) is 11.8 Å². The van der Waals surface area contributed by atoms with E-state index in [1.807, 2.05) is 36.4 Å². The Hall–Kier alpha value is -5.96. The molecule has 0 aromatic heterocycles. The highest BCUT2D eigenvalue weighted by molar-refractivity contribution is 5.86. The van der Waals surface area contributed by atoms with Crippen LogP contribution in [0.25, 0.3) is 32.3 Å². The predicted octanol–water partition coefficient (Wildman–Crippen LogP) is 6.81. The first kappa shape index (κ1) is 39.7. The second kappa shape index (κ2) is 19.6. The van der Waals surface area contributed by atoms with Crippen molar-refractivity contribution in [2.45, 2.75) is 56.7 Å². The number of carbonyl (C=O) groups is 2. The molecule has 0 fully saturated rings. The van der Waals surface area contributed by atoms with Crippen molar-refractivity contribution in [2.24, 2.45) is 11.5 Å². The summed E-state index contributed by atoms with van der Waals surface area (Å²) in [5.41, 5.74) is 15.9. The Kier molecular flexibility index (Phi) is 13.9. The summed E-state index contributed by atoms with van der Waals surface area (Å²) < 4.78 is 0. The standard InChI is InChI=1S/C48H54N6O2/c1-33(51-26-10-25-50)44(30-35-18-21-38-11-3-6-14-41(38)27-35)54-48(56)46(32-37-20-23-40-13-5-8-16-43(40)29-37)52-34(2)45(53-47(55)17-9-24-49)31-36-19-22-39-12-4-7-15-42(39)28-36/h3-8,11-16,18-23,27-29,44-46,51-52H,1-2,9-10,17,24-26,30-32,49-50H2,(H,53,55)(H,54,56)/t44-,45?,46+/m0/s1. The van der Waals surface area contributed by atoms with Crippen molar-refractivity contribution in [2.75, 3.05) is 19.6 Å². The summed E-state index contributed by atoms with van der Waals surface area (Å²) in [5.74, 6) is -0.319. The first-order valence-electron chi connectivity index (χ1n) is 19.6. The summed E-state index contributed by atoms with van der Waals surface area (Å²) in [6.45, 7) is 10.4. The Balaban J connectivity index is 1.29. The van der Waals surface area contributed by atoms with E-state index in [-0.39, 0.29) is 11.8 Å². The van der Waals surface area contributed by atoms with E-state index >= 15 is 0 Å². The van der Waals surface area contributed by atoms with Crippen LogP contribution in [-0.2, 0) is 28.9 Å². The zero-order chi connectivity index (χ0) is 39.3. The molecule has 0 heterocycles. The number of rotatable bonds is 20. The topological polar surface area (TPSA) is 134 Å². The Morgan fingerprint density at radius 3 is 1.39 bits per heavy atom. The van der Waals surface area contributed by atoms with Crippen molar-refractivity contribution >= 4 is 44.1 Å². The number of benzene rings is 6. The SMILES string of the molecule is C=C(N[C@H](Cc1ccc2ccccc2c1)C(=O)N[C@@H](Cc1ccc2ccccc2c1)C(=C)NCCCN)C(Cc1ccc2ccccc2c1)NC(=O)CCCN. The van der Waals surface area contributed by atoms with Gasteiger partial charge < -0.3 is 32.7 Å². The number of fused-ring (bicyclic) bond motifs is 3. The van der Waals surface area contributed by atoms with Gasteiger partial charge in [-0.05, 0) is 87.8 Å². The molecule has 0 aliphatic carbocycles. The maximum absolute atomic E-state index is 14.7. The second-order valence-electron chi connectivity index (χ2n) is 14.5. The number of nitrogens with one attached hydrogen (secondary N) is 4. The van der Waals surface area contributed by atoms with Crippen LogP contribution in [-0.4, -0.2) is 49.6 Å². The Bertz CT molecular complexity index is 2300. The number of hydrogen-bond donors (Lipinski definition) is 6. The van der Waals surface area contributed by atoms with E-state index in [0.29, 0.717) is 63.1 Å². The summed E-state index contributed by atoms with van der Waals surface area (Å²) in [4.78, 5) is 27.9. The molecule has 8 nitrogen and oxygen atoms in total. The third-order valence-electron chi connectivity index (χ3n) is 10.3. The number of carbonyl (C=O) groups excluding carboxylic acids is 2. The van der Waals surface area contributed by atoms with Crippen molar-refractivity contribution in [1.29, 1.82) is 0 Å². The fourth-order valence-corrected chi connectivity index (χ4v) is 7.14. The van der Waals surface area contributed by atoms with E-state index < -0.39 is 18.1 Å². The molecule has 0 bridgehead atoms. The van der Waals surface area contributed by atoms with Gasteiger partial charge in [0.25, 0.3) is 0 Å². The van der Waals surface area contributed by atoms with Crippen LogP contribution in [0.5, 0.6) is 0 Å². The highest BCUT2D eigenvalue weighted by atomic mass is 16.2. The van der Waals surface area contributed by atoms with Crippen molar-refractivity contribution in [1.82, 2.24) is 21.3 Å². The molecule has 0 saturated heterocycles. The van der Waals surface area contributed by atoms with Crippen LogP contribution in [0.15, 0.2) is 152 Å². The van der Waals surface area contributed by atoms with E-state index in [1.165, 1.54) is 0 Å². The van der Waals surface area contributed by atoms with Gasteiger partial charge in [-0.2, -0.15) is 0 Å². The molecule has 6 rings (SSSR count). The quantitative estimate of drug-likeness (QED) is 0.0476. The lowest BCUT2D eigenvalue weighted by atomic mass is 9.97. The van der Waals surface area contributed by atoms with Crippen molar-refractivity contribution in [3.05, 3.63) is 169 Å². The maximum atomic E-state index is 14.7. The normalized spacial score (nSPS) is 12.8. The van der Waals surface area contributed by atoms with E-state index in [1.54, 1.807) is 0 Å². The summed E-state index contributed by atoms with van der Waals surface area (Å²) in [6, 6.07) is 42.0.